The van der Waals surface area contributed by atoms with Crippen molar-refractivity contribution in [3.63, 3.8) is 0 Å². The van der Waals surface area contributed by atoms with Crippen LogP contribution >= 0.6 is 0 Å². The molecule has 7 heteroatoms. The monoisotopic (exact) mass is 395 g/mol. The van der Waals surface area contributed by atoms with Crippen molar-refractivity contribution in [3.05, 3.63) is 35.9 Å². The van der Waals surface area contributed by atoms with Gasteiger partial charge >= 0.3 is 5.97 Å². The summed E-state index contributed by atoms with van der Waals surface area (Å²) in [7, 11) is -3.48. The molecule has 0 radical (unpaired) electrons. The van der Waals surface area contributed by atoms with Gasteiger partial charge in [0.05, 0.1) is 17.4 Å². The first-order valence-corrected chi connectivity index (χ1v) is 11.3. The standard InChI is InChI=1S/C20H29NO5S/c1-16(22)21-12-10-17(11-13-21)8-5-9-19(20(23)24)15-27(25,26)14-18-6-3-2-4-7-18/h2-4,6-7,17,19H,5,8-15H2,1H3,(H,23,24)/t19-/m0/s1. The predicted octanol–water partition coefficient (Wildman–Crippen LogP) is 2.73. The Hall–Kier alpha value is -1.89. The van der Waals surface area contributed by atoms with Crippen molar-refractivity contribution in [2.75, 3.05) is 18.8 Å². The first kappa shape index (κ1) is 21.4. The molecule has 27 heavy (non-hydrogen) atoms. The van der Waals surface area contributed by atoms with Gasteiger partial charge in [0.25, 0.3) is 0 Å². The highest BCUT2D eigenvalue weighted by molar-refractivity contribution is 7.90. The maximum Gasteiger partial charge on any atom is 0.307 e. The van der Waals surface area contributed by atoms with E-state index < -0.39 is 21.7 Å². The van der Waals surface area contributed by atoms with Crippen LogP contribution in [0.3, 0.4) is 0 Å². The molecule has 1 fully saturated rings. The number of nitrogens with zero attached hydrogens (tertiary/aromatic N) is 1. The van der Waals surface area contributed by atoms with E-state index in [1.807, 2.05) is 11.0 Å². The molecule has 1 heterocycles. The zero-order valence-electron chi connectivity index (χ0n) is 15.8. The number of amides is 1. The Balaban J connectivity index is 1.80. The normalized spacial score (nSPS) is 16.9. The van der Waals surface area contributed by atoms with Gasteiger partial charge in [-0.3, -0.25) is 9.59 Å². The molecule has 0 aromatic heterocycles. The third kappa shape index (κ3) is 7.33. The lowest BCUT2D eigenvalue weighted by molar-refractivity contribution is -0.141. The average molecular weight is 396 g/mol. The highest BCUT2D eigenvalue weighted by Crippen LogP contribution is 2.24. The molecule has 1 saturated heterocycles. The van der Waals surface area contributed by atoms with Gasteiger partial charge in [-0.25, -0.2) is 8.42 Å². The van der Waals surface area contributed by atoms with Gasteiger partial charge in [0.2, 0.25) is 5.91 Å². The lowest BCUT2D eigenvalue weighted by atomic mass is 9.90. The Kier molecular flexibility index (Phi) is 7.83. The van der Waals surface area contributed by atoms with Crippen LogP contribution in [0.25, 0.3) is 0 Å². The van der Waals surface area contributed by atoms with E-state index in [0.29, 0.717) is 24.3 Å². The van der Waals surface area contributed by atoms with Gasteiger partial charge in [0, 0.05) is 20.0 Å². The number of sulfone groups is 1. The number of likely N-dealkylation sites (tertiary alicyclic amines) is 1. The molecule has 1 aromatic rings. The second-order valence-corrected chi connectivity index (χ2v) is 9.56. The fourth-order valence-electron chi connectivity index (χ4n) is 3.66. The van der Waals surface area contributed by atoms with Crippen LogP contribution in [0.15, 0.2) is 30.3 Å². The maximum absolute atomic E-state index is 12.4. The molecule has 0 bridgehead atoms. The number of aliphatic carboxylic acids is 1. The summed E-state index contributed by atoms with van der Waals surface area (Å²) in [5, 5.41) is 9.43. The van der Waals surface area contributed by atoms with E-state index >= 15 is 0 Å². The molecular formula is C20H29NO5S. The van der Waals surface area contributed by atoms with Crippen molar-refractivity contribution in [1.82, 2.24) is 4.90 Å². The predicted molar refractivity (Wildman–Crippen MR) is 104 cm³/mol. The summed E-state index contributed by atoms with van der Waals surface area (Å²) in [5.41, 5.74) is 0.680. The van der Waals surface area contributed by atoms with E-state index in [2.05, 4.69) is 0 Å². The fraction of sp³-hybridized carbons (Fsp3) is 0.600. The van der Waals surface area contributed by atoms with Gasteiger partial charge in [-0.1, -0.05) is 43.2 Å². The molecule has 1 aliphatic rings. The zero-order valence-corrected chi connectivity index (χ0v) is 16.7. The van der Waals surface area contributed by atoms with Crippen molar-refractivity contribution in [2.24, 2.45) is 11.8 Å². The van der Waals surface area contributed by atoms with Crippen LogP contribution in [0.5, 0.6) is 0 Å². The smallest absolute Gasteiger partial charge is 0.307 e. The van der Waals surface area contributed by atoms with Crippen LogP contribution in [0.4, 0.5) is 0 Å². The molecule has 1 amide bonds. The number of carbonyl (C=O) groups is 2. The summed E-state index contributed by atoms with van der Waals surface area (Å²) in [5.74, 6) is -1.77. The molecular weight excluding hydrogens is 366 g/mol. The summed E-state index contributed by atoms with van der Waals surface area (Å²) in [4.78, 5) is 24.7. The highest BCUT2D eigenvalue weighted by Gasteiger charge is 2.26. The zero-order chi connectivity index (χ0) is 19.9. The number of hydrogen-bond acceptors (Lipinski definition) is 4. The van der Waals surface area contributed by atoms with Gasteiger partial charge < -0.3 is 10.0 Å². The molecule has 1 aliphatic heterocycles. The van der Waals surface area contributed by atoms with Crippen LogP contribution in [0.2, 0.25) is 0 Å². The topological polar surface area (TPSA) is 91.8 Å². The number of piperidine rings is 1. The Morgan fingerprint density at radius 3 is 2.37 bits per heavy atom. The molecule has 0 aliphatic carbocycles. The number of carboxylic acid groups (broad SMARTS) is 1. The van der Waals surface area contributed by atoms with E-state index in [1.54, 1.807) is 31.2 Å². The maximum atomic E-state index is 12.4. The van der Waals surface area contributed by atoms with Crippen LogP contribution in [0, 0.1) is 11.8 Å². The summed E-state index contributed by atoms with van der Waals surface area (Å²) in [6, 6.07) is 8.84. The molecule has 0 saturated carbocycles. The largest absolute Gasteiger partial charge is 0.481 e. The van der Waals surface area contributed by atoms with Crippen LogP contribution in [0.1, 0.15) is 44.6 Å². The van der Waals surface area contributed by atoms with Crippen LogP contribution in [-0.2, 0) is 25.2 Å². The van der Waals surface area contributed by atoms with E-state index in [1.165, 1.54) is 0 Å². The number of benzene rings is 1. The minimum absolute atomic E-state index is 0.100. The van der Waals surface area contributed by atoms with Crippen molar-refractivity contribution < 1.29 is 23.1 Å². The number of rotatable bonds is 9. The minimum atomic E-state index is -3.48. The molecule has 1 atom stereocenters. The van der Waals surface area contributed by atoms with Gasteiger partial charge in [0.1, 0.15) is 0 Å². The molecule has 150 valence electrons. The van der Waals surface area contributed by atoms with Crippen molar-refractivity contribution >= 4 is 21.7 Å². The van der Waals surface area contributed by atoms with Gasteiger partial charge in [-0.15, -0.1) is 0 Å². The lowest BCUT2D eigenvalue weighted by Gasteiger charge is -2.31. The van der Waals surface area contributed by atoms with E-state index in [0.717, 1.165) is 32.4 Å². The summed E-state index contributed by atoms with van der Waals surface area (Å²) < 4.78 is 24.8. The molecule has 0 spiro atoms. The van der Waals surface area contributed by atoms with Crippen molar-refractivity contribution in [1.29, 1.82) is 0 Å². The Morgan fingerprint density at radius 1 is 1.19 bits per heavy atom. The first-order chi connectivity index (χ1) is 12.8. The summed E-state index contributed by atoms with van der Waals surface area (Å²) >= 11 is 0. The third-order valence-corrected chi connectivity index (χ3v) is 6.94. The molecule has 1 aromatic carbocycles. The second kappa shape index (κ2) is 9.88. The number of carbonyl (C=O) groups excluding carboxylic acids is 1. The Bertz CT molecular complexity index is 724. The summed E-state index contributed by atoms with van der Waals surface area (Å²) in [6.07, 6.45) is 3.82. The average Bonchev–Trinajstić information content (AvgIpc) is 2.61. The Labute approximate surface area is 161 Å². The highest BCUT2D eigenvalue weighted by atomic mass is 32.2. The molecule has 0 unspecified atom stereocenters. The minimum Gasteiger partial charge on any atom is -0.481 e. The third-order valence-electron chi connectivity index (χ3n) is 5.26. The SMILES string of the molecule is CC(=O)N1CCC(CCC[C@@H](CS(=O)(=O)Cc2ccccc2)C(=O)O)CC1. The molecule has 1 N–H and O–H groups in total. The van der Waals surface area contributed by atoms with Gasteiger partial charge in [0.15, 0.2) is 9.84 Å². The summed E-state index contributed by atoms with van der Waals surface area (Å²) in [6.45, 7) is 3.09. The van der Waals surface area contributed by atoms with Gasteiger partial charge in [-0.05, 0) is 30.7 Å². The van der Waals surface area contributed by atoms with Crippen LogP contribution < -0.4 is 0 Å². The quantitative estimate of drug-likeness (QED) is 0.694. The Morgan fingerprint density at radius 2 is 1.81 bits per heavy atom. The van der Waals surface area contributed by atoms with E-state index in [9.17, 15) is 23.1 Å². The van der Waals surface area contributed by atoms with E-state index in [4.69, 9.17) is 0 Å². The second-order valence-electron chi connectivity index (χ2n) is 7.46. The van der Waals surface area contributed by atoms with E-state index in [-0.39, 0.29) is 17.4 Å². The number of carboxylic acids is 1. The number of hydrogen-bond donors (Lipinski definition) is 1. The first-order valence-electron chi connectivity index (χ1n) is 9.49. The van der Waals surface area contributed by atoms with Gasteiger partial charge in [-0.2, -0.15) is 0 Å². The molecule has 2 rings (SSSR count). The fourth-order valence-corrected chi connectivity index (χ4v) is 5.40. The van der Waals surface area contributed by atoms with Crippen molar-refractivity contribution in [3.8, 4) is 0 Å². The van der Waals surface area contributed by atoms with Crippen molar-refractivity contribution in [2.45, 2.75) is 44.8 Å². The van der Waals surface area contributed by atoms with Crippen LogP contribution in [-0.4, -0.2) is 49.1 Å². The molecule has 6 nitrogen and oxygen atoms in total. The lowest BCUT2D eigenvalue weighted by Crippen LogP contribution is -2.37.